The molecule has 1 atom stereocenters. The molecule has 4 nitrogen and oxygen atoms in total. The van der Waals surface area contributed by atoms with E-state index in [1.165, 1.54) is 12.8 Å². The second kappa shape index (κ2) is 4.67. The van der Waals surface area contributed by atoms with E-state index in [1.807, 2.05) is 23.1 Å². The Balaban J connectivity index is 1.74. The molecule has 0 amide bonds. The van der Waals surface area contributed by atoms with Gasteiger partial charge in [0, 0.05) is 35.8 Å². The van der Waals surface area contributed by atoms with Crippen molar-refractivity contribution in [2.45, 2.75) is 25.4 Å². The van der Waals surface area contributed by atoms with Crippen LogP contribution in [0.15, 0.2) is 36.9 Å². The maximum Gasteiger partial charge on any atom is 0.0568 e. The standard InChI is InChI=1S/C13H16N4/c1-3-11(7-14-5-1)12-8-16-17(9-12)10-13-4-2-6-15-13/h1,3,5,7-9,13,15H,2,4,6,10H2. The number of nitrogens with one attached hydrogen (secondary N) is 1. The summed E-state index contributed by atoms with van der Waals surface area (Å²) in [6.07, 6.45) is 10.2. The smallest absolute Gasteiger partial charge is 0.0568 e. The van der Waals surface area contributed by atoms with E-state index < -0.39 is 0 Å². The molecule has 1 unspecified atom stereocenters. The third kappa shape index (κ3) is 2.36. The summed E-state index contributed by atoms with van der Waals surface area (Å²) in [5.41, 5.74) is 2.26. The predicted molar refractivity (Wildman–Crippen MR) is 66.5 cm³/mol. The van der Waals surface area contributed by atoms with Crippen LogP contribution in [0.25, 0.3) is 11.1 Å². The molecule has 0 saturated carbocycles. The molecule has 3 heterocycles. The minimum atomic E-state index is 0.580. The van der Waals surface area contributed by atoms with E-state index in [2.05, 4.69) is 27.7 Å². The van der Waals surface area contributed by atoms with Gasteiger partial charge in [0.05, 0.1) is 12.7 Å². The predicted octanol–water partition coefficient (Wildman–Crippen LogP) is 1.70. The maximum absolute atomic E-state index is 4.40. The minimum absolute atomic E-state index is 0.580. The van der Waals surface area contributed by atoms with Crippen molar-refractivity contribution < 1.29 is 0 Å². The van der Waals surface area contributed by atoms with E-state index in [4.69, 9.17) is 0 Å². The zero-order valence-electron chi connectivity index (χ0n) is 9.71. The molecule has 4 heteroatoms. The van der Waals surface area contributed by atoms with Crippen molar-refractivity contribution in [3.8, 4) is 11.1 Å². The number of nitrogens with zero attached hydrogens (tertiary/aromatic N) is 3. The van der Waals surface area contributed by atoms with Gasteiger partial charge in [-0.25, -0.2) is 0 Å². The van der Waals surface area contributed by atoms with Crippen molar-refractivity contribution in [2.75, 3.05) is 6.54 Å². The highest BCUT2D eigenvalue weighted by Crippen LogP contribution is 2.17. The Hall–Kier alpha value is -1.68. The van der Waals surface area contributed by atoms with Crippen molar-refractivity contribution in [3.05, 3.63) is 36.9 Å². The zero-order valence-corrected chi connectivity index (χ0v) is 9.71. The van der Waals surface area contributed by atoms with Gasteiger partial charge in [-0.3, -0.25) is 9.67 Å². The van der Waals surface area contributed by atoms with E-state index in [1.54, 1.807) is 6.20 Å². The number of hydrogen-bond donors (Lipinski definition) is 1. The molecule has 17 heavy (non-hydrogen) atoms. The fourth-order valence-electron chi connectivity index (χ4n) is 2.28. The summed E-state index contributed by atoms with van der Waals surface area (Å²) in [6, 6.07) is 4.59. The van der Waals surface area contributed by atoms with Gasteiger partial charge in [0.2, 0.25) is 0 Å². The molecule has 0 radical (unpaired) electrons. The van der Waals surface area contributed by atoms with Crippen LogP contribution in [0, 0.1) is 0 Å². The third-order valence-corrected chi connectivity index (χ3v) is 3.20. The van der Waals surface area contributed by atoms with Gasteiger partial charge >= 0.3 is 0 Å². The summed E-state index contributed by atoms with van der Waals surface area (Å²) in [4.78, 5) is 4.12. The lowest BCUT2D eigenvalue weighted by molar-refractivity contribution is 0.476. The Bertz CT molecular complexity index is 471. The first-order valence-electron chi connectivity index (χ1n) is 6.08. The summed E-state index contributed by atoms with van der Waals surface area (Å²) >= 11 is 0. The Kier molecular flexibility index (Phi) is 2.88. The number of hydrogen-bond acceptors (Lipinski definition) is 3. The summed E-state index contributed by atoms with van der Waals surface area (Å²) in [5, 5.41) is 7.89. The topological polar surface area (TPSA) is 42.7 Å². The molecule has 88 valence electrons. The van der Waals surface area contributed by atoms with Gasteiger partial charge in [-0.15, -0.1) is 0 Å². The van der Waals surface area contributed by atoms with Gasteiger partial charge in [-0.1, -0.05) is 6.07 Å². The molecular formula is C13H16N4. The van der Waals surface area contributed by atoms with Crippen LogP contribution in [0.3, 0.4) is 0 Å². The molecule has 1 aliphatic rings. The monoisotopic (exact) mass is 228 g/mol. The Morgan fingerprint density at radius 2 is 2.35 bits per heavy atom. The quantitative estimate of drug-likeness (QED) is 0.869. The molecule has 0 aliphatic carbocycles. The normalized spacial score (nSPS) is 19.6. The number of rotatable bonds is 3. The van der Waals surface area contributed by atoms with Gasteiger partial charge in [-0.2, -0.15) is 5.10 Å². The second-order valence-corrected chi connectivity index (χ2v) is 4.49. The van der Waals surface area contributed by atoms with Crippen molar-refractivity contribution in [1.82, 2.24) is 20.1 Å². The first kappa shape index (κ1) is 10.5. The molecule has 0 spiro atoms. The van der Waals surface area contributed by atoms with E-state index in [0.717, 1.165) is 24.2 Å². The van der Waals surface area contributed by atoms with Crippen molar-refractivity contribution in [1.29, 1.82) is 0 Å². The molecule has 1 N–H and O–H groups in total. The molecule has 1 aliphatic heterocycles. The van der Waals surface area contributed by atoms with Gasteiger partial charge in [0.15, 0.2) is 0 Å². The van der Waals surface area contributed by atoms with Gasteiger partial charge in [-0.05, 0) is 25.5 Å². The van der Waals surface area contributed by atoms with Gasteiger partial charge in [0.1, 0.15) is 0 Å². The Morgan fingerprint density at radius 1 is 1.35 bits per heavy atom. The highest BCUT2D eigenvalue weighted by atomic mass is 15.3. The Labute approximate surface area is 101 Å². The first-order valence-corrected chi connectivity index (χ1v) is 6.08. The first-order chi connectivity index (χ1) is 8.42. The van der Waals surface area contributed by atoms with E-state index >= 15 is 0 Å². The fraction of sp³-hybridized carbons (Fsp3) is 0.385. The molecule has 2 aromatic rings. The lowest BCUT2D eigenvalue weighted by Crippen LogP contribution is -2.26. The largest absolute Gasteiger partial charge is 0.312 e. The fourth-order valence-corrected chi connectivity index (χ4v) is 2.28. The van der Waals surface area contributed by atoms with E-state index in [0.29, 0.717) is 6.04 Å². The van der Waals surface area contributed by atoms with Crippen LogP contribution in [0.4, 0.5) is 0 Å². The lowest BCUT2D eigenvalue weighted by atomic mass is 10.2. The average molecular weight is 228 g/mol. The molecule has 0 aromatic carbocycles. The summed E-state index contributed by atoms with van der Waals surface area (Å²) in [5.74, 6) is 0. The average Bonchev–Trinajstić information content (AvgIpc) is 3.02. The molecule has 3 rings (SSSR count). The van der Waals surface area contributed by atoms with Crippen LogP contribution in [-0.2, 0) is 6.54 Å². The van der Waals surface area contributed by atoms with Crippen LogP contribution in [0.2, 0.25) is 0 Å². The molecule has 1 fully saturated rings. The highest BCUT2D eigenvalue weighted by Gasteiger charge is 2.14. The van der Waals surface area contributed by atoms with Crippen LogP contribution in [-0.4, -0.2) is 27.4 Å². The third-order valence-electron chi connectivity index (χ3n) is 3.20. The van der Waals surface area contributed by atoms with E-state index in [-0.39, 0.29) is 0 Å². The summed E-state index contributed by atoms with van der Waals surface area (Å²) in [7, 11) is 0. The molecule has 1 saturated heterocycles. The SMILES string of the molecule is c1cncc(-c2cnn(CC3CCCN3)c2)c1. The van der Waals surface area contributed by atoms with Gasteiger partial charge < -0.3 is 5.32 Å². The van der Waals surface area contributed by atoms with Crippen LogP contribution in [0.5, 0.6) is 0 Å². The zero-order chi connectivity index (χ0) is 11.5. The van der Waals surface area contributed by atoms with E-state index in [9.17, 15) is 0 Å². The van der Waals surface area contributed by atoms with Crippen LogP contribution < -0.4 is 5.32 Å². The van der Waals surface area contributed by atoms with Crippen LogP contribution >= 0.6 is 0 Å². The van der Waals surface area contributed by atoms with Crippen molar-refractivity contribution in [3.63, 3.8) is 0 Å². The van der Waals surface area contributed by atoms with Crippen molar-refractivity contribution in [2.24, 2.45) is 0 Å². The molecule has 2 aromatic heterocycles. The Morgan fingerprint density at radius 3 is 3.12 bits per heavy atom. The number of aromatic nitrogens is 3. The summed E-state index contributed by atoms with van der Waals surface area (Å²) < 4.78 is 2.02. The van der Waals surface area contributed by atoms with Crippen LogP contribution in [0.1, 0.15) is 12.8 Å². The van der Waals surface area contributed by atoms with Crippen molar-refractivity contribution >= 4 is 0 Å². The molecular weight excluding hydrogens is 212 g/mol. The summed E-state index contributed by atoms with van der Waals surface area (Å²) in [6.45, 7) is 2.10. The molecule has 0 bridgehead atoms. The number of pyridine rings is 1. The van der Waals surface area contributed by atoms with Gasteiger partial charge in [0.25, 0.3) is 0 Å². The second-order valence-electron chi connectivity index (χ2n) is 4.49. The maximum atomic E-state index is 4.40. The highest BCUT2D eigenvalue weighted by molar-refractivity contribution is 5.60. The minimum Gasteiger partial charge on any atom is -0.312 e. The lowest BCUT2D eigenvalue weighted by Gasteiger charge is -2.09.